The molecule has 6 nitrogen and oxygen atoms in total. The number of hydrogen-bond acceptors (Lipinski definition) is 5. The van der Waals surface area contributed by atoms with E-state index in [1.54, 1.807) is 6.08 Å². The van der Waals surface area contributed by atoms with Crippen molar-refractivity contribution in [3.8, 4) is 0 Å². The van der Waals surface area contributed by atoms with Gasteiger partial charge in [-0.1, -0.05) is 289 Å². The summed E-state index contributed by atoms with van der Waals surface area (Å²) in [4.78, 5) is 24.5. The normalized spacial score (nSPS) is 12.7. The first-order chi connectivity index (χ1) is 33.5. The van der Waals surface area contributed by atoms with Crippen molar-refractivity contribution >= 4 is 11.9 Å². The third-order valence-corrected chi connectivity index (χ3v) is 14.2. The number of nitrogens with one attached hydrogen (secondary N) is 1. The molecule has 0 saturated heterocycles. The molecule has 3 N–H and O–H groups in total. The molecule has 0 saturated carbocycles. The van der Waals surface area contributed by atoms with E-state index < -0.39 is 12.1 Å². The first kappa shape index (κ1) is 66.3. The number of aliphatic hydroxyl groups is 2. The second-order valence-electron chi connectivity index (χ2n) is 21.0. The van der Waals surface area contributed by atoms with E-state index in [-0.39, 0.29) is 18.5 Å². The fraction of sp³-hybridized carbons (Fsp3) is 0.903. The van der Waals surface area contributed by atoms with Gasteiger partial charge in [0.25, 0.3) is 0 Å². The first-order valence-electron chi connectivity index (χ1n) is 30.6. The first-order valence-corrected chi connectivity index (χ1v) is 30.6. The third-order valence-electron chi connectivity index (χ3n) is 14.2. The Labute approximate surface area is 424 Å². The maximum Gasteiger partial charge on any atom is 0.305 e. The van der Waals surface area contributed by atoms with Crippen LogP contribution in [-0.4, -0.2) is 47.4 Å². The summed E-state index contributed by atoms with van der Waals surface area (Å²) < 4.78 is 5.48. The minimum absolute atomic E-state index is 0.00657. The molecule has 1 amide bonds. The highest BCUT2D eigenvalue weighted by atomic mass is 16.5. The van der Waals surface area contributed by atoms with Crippen LogP contribution in [0.2, 0.25) is 0 Å². The van der Waals surface area contributed by atoms with Crippen molar-refractivity contribution in [2.45, 2.75) is 347 Å². The molecule has 0 fully saturated rings. The van der Waals surface area contributed by atoms with Gasteiger partial charge in [-0.2, -0.15) is 0 Å². The zero-order valence-corrected chi connectivity index (χ0v) is 45.9. The van der Waals surface area contributed by atoms with Gasteiger partial charge in [0.1, 0.15) is 0 Å². The zero-order chi connectivity index (χ0) is 49.3. The summed E-state index contributed by atoms with van der Waals surface area (Å²) in [5.41, 5.74) is 0. The maximum absolute atomic E-state index is 12.4. The molecular formula is C62H119NO5. The lowest BCUT2D eigenvalue weighted by molar-refractivity contribution is -0.143. The van der Waals surface area contributed by atoms with Crippen molar-refractivity contribution in [2.24, 2.45) is 0 Å². The van der Waals surface area contributed by atoms with Crippen molar-refractivity contribution < 1.29 is 24.5 Å². The van der Waals surface area contributed by atoms with Gasteiger partial charge in [0.2, 0.25) is 5.91 Å². The second kappa shape index (κ2) is 57.9. The van der Waals surface area contributed by atoms with Crippen LogP contribution in [0.1, 0.15) is 335 Å². The van der Waals surface area contributed by atoms with E-state index in [0.717, 1.165) is 44.9 Å². The molecule has 0 heterocycles. The summed E-state index contributed by atoms with van der Waals surface area (Å²) in [5.74, 6) is -0.0596. The predicted octanol–water partition coefficient (Wildman–Crippen LogP) is 19.0. The fourth-order valence-electron chi connectivity index (χ4n) is 9.51. The molecule has 2 atom stereocenters. The summed E-state index contributed by atoms with van der Waals surface area (Å²) in [6.07, 6.45) is 70.7. The molecule has 402 valence electrons. The lowest BCUT2D eigenvalue weighted by Gasteiger charge is -2.20. The Morgan fingerprint density at radius 1 is 0.397 bits per heavy atom. The standard InChI is InChI=1S/C62H119NO5/c1-3-5-7-9-11-13-15-17-32-36-40-44-48-52-56-62(67)68-57-53-49-45-41-37-33-29-27-25-23-21-19-18-20-22-24-26-28-31-35-39-43-47-51-55-61(66)63-59(58-64)60(65)54-50-46-42-38-34-30-16-14-12-10-8-6-4-2/h15,17,50,54,59-60,64-65H,3-14,16,18-49,51-53,55-58H2,1-2H3,(H,63,66)/b17-15-,54-50+. The smallest absolute Gasteiger partial charge is 0.305 e. The van der Waals surface area contributed by atoms with Crippen LogP contribution < -0.4 is 5.32 Å². The van der Waals surface area contributed by atoms with Crippen LogP contribution in [-0.2, 0) is 14.3 Å². The largest absolute Gasteiger partial charge is 0.466 e. The van der Waals surface area contributed by atoms with Crippen LogP contribution in [0.3, 0.4) is 0 Å². The van der Waals surface area contributed by atoms with E-state index in [9.17, 15) is 19.8 Å². The molecule has 0 aromatic carbocycles. The monoisotopic (exact) mass is 958 g/mol. The fourth-order valence-corrected chi connectivity index (χ4v) is 9.51. The second-order valence-corrected chi connectivity index (χ2v) is 21.0. The molecule has 0 rings (SSSR count). The van der Waals surface area contributed by atoms with Gasteiger partial charge in [0, 0.05) is 12.8 Å². The topological polar surface area (TPSA) is 95.9 Å². The highest BCUT2D eigenvalue weighted by Gasteiger charge is 2.18. The number of ether oxygens (including phenoxy) is 1. The van der Waals surface area contributed by atoms with Gasteiger partial charge in [0.05, 0.1) is 25.4 Å². The van der Waals surface area contributed by atoms with Gasteiger partial charge >= 0.3 is 5.97 Å². The molecule has 0 bridgehead atoms. The highest BCUT2D eigenvalue weighted by Crippen LogP contribution is 2.17. The molecule has 0 radical (unpaired) electrons. The van der Waals surface area contributed by atoms with Crippen molar-refractivity contribution in [1.29, 1.82) is 0 Å². The summed E-state index contributed by atoms with van der Waals surface area (Å²) >= 11 is 0. The molecule has 0 aromatic heterocycles. The number of carbonyl (C=O) groups excluding carboxylic acids is 2. The van der Waals surface area contributed by atoms with Crippen LogP contribution in [0.4, 0.5) is 0 Å². The molecule has 0 aliphatic rings. The minimum Gasteiger partial charge on any atom is -0.466 e. The van der Waals surface area contributed by atoms with Gasteiger partial charge in [0.15, 0.2) is 0 Å². The van der Waals surface area contributed by atoms with Gasteiger partial charge < -0.3 is 20.3 Å². The zero-order valence-electron chi connectivity index (χ0n) is 45.9. The van der Waals surface area contributed by atoms with Crippen molar-refractivity contribution in [2.75, 3.05) is 13.2 Å². The molecule has 0 aliphatic heterocycles. The lowest BCUT2D eigenvalue weighted by Crippen LogP contribution is -2.45. The lowest BCUT2D eigenvalue weighted by atomic mass is 10.0. The quantitative estimate of drug-likeness (QED) is 0.0321. The van der Waals surface area contributed by atoms with E-state index in [4.69, 9.17) is 4.74 Å². The van der Waals surface area contributed by atoms with Crippen molar-refractivity contribution in [3.63, 3.8) is 0 Å². The Kier molecular flexibility index (Phi) is 56.5. The Morgan fingerprint density at radius 3 is 1.04 bits per heavy atom. The Morgan fingerprint density at radius 2 is 0.691 bits per heavy atom. The van der Waals surface area contributed by atoms with E-state index in [1.165, 1.54) is 263 Å². The average molecular weight is 959 g/mol. The maximum atomic E-state index is 12.4. The van der Waals surface area contributed by atoms with Gasteiger partial charge in [-0.3, -0.25) is 9.59 Å². The summed E-state index contributed by atoms with van der Waals surface area (Å²) in [7, 11) is 0. The van der Waals surface area contributed by atoms with Crippen LogP contribution in [0.25, 0.3) is 0 Å². The van der Waals surface area contributed by atoms with E-state index in [0.29, 0.717) is 19.4 Å². The van der Waals surface area contributed by atoms with Crippen LogP contribution >= 0.6 is 0 Å². The number of amides is 1. The van der Waals surface area contributed by atoms with Crippen LogP contribution in [0.15, 0.2) is 24.3 Å². The molecule has 6 heteroatoms. The van der Waals surface area contributed by atoms with Gasteiger partial charge in [-0.25, -0.2) is 0 Å². The summed E-state index contributed by atoms with van der Waals surface area (Å²) in [5, 5.41) is 23.1. The van der Waals surface area contributed by atoms with Crippen molar-refractivity contribution in [1.82, 2.24) is 5.32 Å². The van der Waals surface area contributed by atoms with Gasteiger partial charge in [-0.15, -0.1) is 0 Å². The number of carbonyl (C=O) groups is 2. The third kappa shape index (κ3) is 53.7. The number of allylic oxidation sites excluding steroid dienone is 3. The number of aliphatic hydroxyl groups excluding tert-OH is 2. The van der Waals surface area contributed by atoms with E-state index >= 15 is 0 Å². The molecule has 0 aromatic rings. The van der Waals surface area contributed by atoms with Crippen LogP contribution in [0, 0.1) is 0 Å². The van der Waals surface area contributed by atoms with E-state index in [2.05, 4.69) is 31.3 Å². The number of unbranched alkanes of at least 4 members (excludes halogenated alkanes) is 44. The average Bonchev–Trinajstić information content (AvgIpc) is 3.34. The molecule has 0 aliphatic carbocycles. The van der Waals surface area contributed by atoms with E-state index in [1.807, 2.05) is 6.08 Å². The Hall–Kier alpha value is -1.66. The predicted molar refractivity (Wildman–Crippen MR) is 296 cm³/mol. The SMILES string of the molecule is CCCCCCC/C=C\CCCCCCCC(=O)OCCCCCCCCCCCCCCCCCCCCCCCCCCC(=O)NC(CO)C(O)/C=C/CCCCCCCCCCCCC. The number of esters is 1. The molecule has 2 unspecified atom stereocenters. The number of rotatable bonds is 57. The number of hydrogen-bond donors (Lipinski definition) is 3. The Bertz CT molecular complexity index is 1060. The Balaban J connectivity index is 3.37. The molecule has 0 spiro atoms. The summed E-state index contributed by atoms with van der Waals surface area (Å²) in [6.45, 7) is 4.90. The minimum atomic E-state index is -0.842. The summed E-state index contributed by atoms with van der Waals surface area (Å²) in [6, 6.07) is -0.626. The molecular weight excluding hydrogens is 839 g/mol. The van der Waals surface area contributed by atoms with Gasteiger partial charge in [-0.05, 0) is 57.8 Å². The molecule has 68 heavy (non-hydrogen) atoms. The van der Waals surface area contributed by atoms with Crippen LogP contribution in [0.5, 0.6) is 0 Å². The highest BCUT2D eigenvalue weighted by molar-refractivity contribution is 5.76. The van der Waals surface area contributed by atoms with Crippen molar-refractivity contribution in [3.05, 3.63) is 24.3 Å².